The average Bonchev–Trinajstić information content (AvgIpc) is 2.84. The van der Waals surface area contributed by atoms with Crippen LogP contribution in [-0.4, -0.2) is 6.10 Å². The maximum atomic E-state index is 6.32. The molecule has 1 saturated heterocycles. The summed E-state index contributed by atoms with van der Waals surface area (Å²) in [4.78, 5) is 0. The summed E-state index contributed by atoms with van der Waals surface area (Å²) in [6.07, 6.45) is 2.50. The Hall–Kier alpha value is -1.60. The summed E-state index contributed by atoms with van der Waals surface area (Å²) in [7, 11) is 0. The minimum Gasteiger partial charge on any atom is -0.363 e. The molecule has 92 valence electrons. The maximum Gasteiger partial charge on any atom is 0.119 e. The predicted molar refractivity (Wildman–Crippen MR) is 73.4 cm³/mol. The molecule has 18 heavy (non-hydrogen) atoms. The molecule has 3 rings (SSSR count). The van der Waals surface area contributed by atoms with E-state index in [0.29, 0.717) is 6.10 Å². The normalized spacial score (nSPS) is 21.9. The first-order chi connectivity index (χ1) is 8.81. The van der Waals surface area contributed by atoms with Crippen molar-refractivity contribution < 1.29 is 4.74 Å². The molecule has 0 N–H and O–H groups in total. The van der Waals surface area contributed by atoms with Crippen LogP contribution in [0.1, 0.15) is 30.9 Å². The molecule has 1 aliphatic heterocycles. The van der Waals surface area contributed by atoms with Crippen LogP contribution in [-0.2, 0) is 10.3 Å². The van der Waals surface area contributed by atoms with Gasteiger partial charge >= 0.3 is 0 Å². The molecular formula is C17H18O. The van der Waals surface area contributed by atoms with Crippen molar-refractivity contribution in [3.05, 3.63) is 71.8 Å². The first-order valence-corrected chi connectivity index (χ1v) is 6.60. The highest BCUT2D eigenvalue weighted by Gasteiger charge is 2.41. The second-order valence-electron chi connectivity index (χ2n) is 5.03. The van der Waals surface area contributed by atoms with E-state index in [1.165, 1.54) is 11.1 Å². The molecule has 0 spiro atoms. The molecule has 2 aromatic carbocycles. The predicted octanol–water partition coefficient (Wildman–Crippen LogP) is 4.13. The van der Waals surface area contributed by atoms with Crippen LogP contribution in [0.2, 0.25) is 0 Å². The second-order valence-corrected chi connectivity index (χ2v) is 5.03. The lowest BCUT2D eigenvalue weighted by molar-refractivity contribution is -0.00806. The largest absolute Gasteiger partial charge is 0.363 e. The van der Waals surface area contributed by atoms with E-state index in [4.69, 9.17) is 4.74 Å². The van der Waals surface area contributed by atoms with E-state index in [9.17, 15) is 0 Å². The highest BCUT2D eigenvalue weighted by molar-refractivity contribution is 5.37. The van der Waals surface area contributed by atoms with Crippen molar-refractivity contribution in [2.45, 2.75) is 31.5 Å². The second kappa shape index (κ2) is 4.58. The topological polar surface area (TPSA) is 9.23 Å². The Morgan fingerprint density at radius 2 is 1.39 bits per heavy atom. The molecule has 0 bridgehead atoms. The molecule has 1 heterocycles. The van der Waals surface area contributed by atoms with E-state index in [2.05, 4.69) is 67.6 Å². The van der Waals surface area contributed by atoms with Gasteiger partial charge in [-0.15, -0.1) is 0 Å². The third-order valence-corrected chi connectivity index (χ3v) is 3.79. The molecule has 0 radical (unpaired) electrons. The molecule has 1 atom stereocenters. The van der Waals surface area contributed by atoms with Gasteiger partial charge in [0.15, 0.2) is 0 Å². The Balaban J connectivity index is 2.11. The minimum absolute atomic E-state index is 0.248. The fourth-order valence-electron chi connectivity index (χ4n) is 2.87. The zero-order chi connectivity index (χ0) is 12.4. The van der Waals surface area contributed by atoms with Gasteiger partial charge in [-0.25, -0.2) is 0 Å². The lowest BCUT2D eigenvalue weighted by atomic mass is 9.84. The summed E-state index contributed by atoms with van der Waals surface area (Å²) < 4.78 is 6.32. The molecule has 1 heteroatoms. The maximum absolute atomic E-state index is 6.32. The van der Waals surface area contributed by atoms with Crippen molar-refractivity contribution >= 4 is 0 Å². The van der Waals surface area contributed by atoms with Gasteiger partial charge in [-0.1, -0.05) is 60.7 Å². The quantitative estimate of drug-likeness (QED) is 0.764. The smallest absolute Gasteiger partial charge is 0.119 e. The summed E-state index contributed by atoms with van der Waals surface area (Å²) in [5.74, 6) is 0. The monoisotopic (exact) mass is 238 g/mol. The zero-order valence-corrected chi connectivity index (χ0v) is 10.7. The van der Waals surface area contributed by atoms with Gasteiger partial charge in [0.25, 0.3) is 0 Å². The molecule has 1 fully saturated rings. The Bertz CT molecular complexity index is 464. The van der Waals surface area contributed by atoms with Crippen LogP contribution in [0.25, 0.3) is 0 Å². The van der Waals surface area contributed by atoms with Gasteiger partial charge in [0.1, 0.15) is 5.60 Å². The highest BCUT2D eigenvalue weighted by Crippen LogP contribution is 2.44. The third-order valence-electron chi connectivity index (χ3n) is 3.79. The summed E-state index contributed by atoms with van der Waals surface area (Å²) in [6, 6.07) is 21.2. The van der Waals surface area contributed by atoms with Crippen molar-refractivity contribution in [1.82, 2.24) is 0 Å². The standard InChI is InChI=1S/C17H18O/c1-14-12-13-17(18-14,15-8-4-2-5-9-15)16-10-6-3-7-11-16/h2-11,14H,12-13H2,1H3. The van der Waals surface area contributed by atoms with E-state index < -0.39 is 0 Å². The van der Waals surface area contributed by atoms with Gasteiger partial charge in [0, 0.05) is 0 Å². The minimum atomic E-state index is -0.248. The van der Waals surface area contributed by atoms with Crippen molar-refractivity contribution in [3.63, 3.8) is 0 Å². The molecular weight excluding hydrogens is 220 g/mol. The van der Waals surface area contributed by atoms with Crippen molar-refractivity contribution in [2.24, 2.45) is 0 Å². The first kappa shape index (κ1) is 11.5. The van der Waals surface area contributed by atoms with Gasteiger partial charge in [0.2, 0.25) is 0 Å². The Labute approximate surface area is 108 Å². The van der Waals surface area contributed by atoms with Crippen LogP contribution in [0.5, 0.6) is 0 Å². The van der Waals surface area contributed by atoms with Gasteiger partial charge in [-0.05, 0) is 30.9 Å². The summed E-state index contributed by atoms with van der Waals surface area (Å²) >= 11 is 0. The lowest BCUT2D eigenvalue weighted by Gasteiger charge is -2.30. The summed E-state index contributed by atoms with van der Waals surface area (Å²) in [6.45, 7) is 2.16. The van der Waals surface area contributed by atoms with E-state index in [0.717, 1.165) is 12.8 Å². The third kappa shape index (κ3) is 1.85. The highest BCUT2D eigenvalue weighted by atomic mass is 16.5. The number of rotatable bonds is 2. The van der Waals surface area contributed by atoms with Gasteiger partial charge in [-0.2, -0.15) is 0 Å². The molecule has 0 aromatic heterocycles. The molecule has 0 aliphatic carbocycles. The molecule has 1 aliphatic rings. The Morgan fingerprint density at radius 1 is 0.889 bits per heavy atom. The van der Waals surface area contributed by atoms with E-state index in [1.54, 1.807) is 0 Å². The first-order valence-electron chi connectivity index (χ1n) is 6.60. The van der Waals surface area contributed by atoms with Crippen molar-refractivity contribution in [2.75, 3.05) is 0 Å². The van der Waals surface area contributed by atoms with Crippen LogP contribution < -0.4 is 0 Å². The van der Waals surface area contributed by atoms with E-state index >= 15 is 0 Å². The summed E-state index contributed by atoms with van der Waals surface area (Å²) in [5, 5.41) is 0. The number of ether oxygens (including phenoxy) is 1. The van der Waals surface area contributed by atoms with E-state index in [-0.39, 0.29) is 5.60 Å². The number of hydrogen-bond donors (Lipinski definition) is 0. The van der Waals surface area contributed by atoms with E-state index in [1.807, 2.05) is 0 Å². The van der Waals surface area contributed by atoms with Gasteiger partial charge in [0.05, 0.1) is 6.10 Å². The number of hydrogen-bond acceptors (Lipinski definition) is 1. The van der Waals surface area contributed by atoms with Crippen LogP contribution >= 0.6 is 0 Å². The van der Waals surface area contributed by atoms with Crippen molar-refractivity contribution in [3.8, 4) is 0 Å². The van der Waals surface area contributed by atoms with Gasteiger partial charge < -0.3 is 4.74 Å². The SMILES string of the molecule is CC1CCC(c2ccccc2)(c2ccccc2)O1. The lowest BCUT2D eigenvalue weighted by Crippen LogP contribution is -2.27. The summed E-state index contributed by atoms with van der Waals surface area (Å²) in [5.41, 5.74) is 2.28. The fourth-order valence-corrected chi connectivity index (χ4v) is 2.87. The van der Waals surface area contributed by atoms with Crippen LogP contribution in [0.15, 0.2) is 60.7 Å². The molecule has 1 nitrogen and oxygen atoms in total. The molecule has 1 unspecified atom stereocenters. The Morgan fingerprint density at radius 3 is 1.78 bits per heavy atom. The Kier molecular flexibility index (Phi) is 2.92. The molecule has 2 aromatic rings. The fraction of sp³-hybridized carbons (Fsp3) is 0.294. The van der Waals surface area contributed by atoms with Crippen LogP contribution in [0.3, 0.4) is 0 Å². The van der Waals surface area contributed by atoms with Crippen molar-refractivity contribution in [1.29, 1.82) is 0 Å². The van der Waals surface area contributed by atoms with Crippen LogP contribution in [0.4, 0.5) is 0 Å². The average molecular weight is 238 g/mol. The van der Waals surface area contributed by atoms with Gasteiger partial charge in [-0.3, -0.25) is 0 Å². The number of benzene rings is 2. The van der Waals surface area contributed by atoms with Crippen LogP contribution in [0, 0.1) is 0 Å². The molecule has 0 saturated carbocycles. The zero-order valence-electron chi connectivity index (χ0n) is 10.7. The molecule has 0 amide bonds.